The molecule has 0 radical (unpaired) electrons. The van der Waals surface area contributed by atoms with Crippen LogP contribution in [0.4, 0.5) is 4.79 Å². The Bertz CT molecular complexity index is 1090. The van der Waals surface area contributed by atoms with E-state index < -0.39 is 11.6 Å². The molecule has 0 aliphatic carbocycles. The highest BCUT2D eigenvalue weighted by atomic mass is 16.5. The molecule has 2 unspecified atom stereocenters. The topological polar surface area (TPSA) is 101 Å². The number of benzene rings is 1. The molecule has 0 spiro atoms. The Morgan fingerprint density at radius 2 is 1.92 bits per heavy atom. The molecule has 4 amide bonds. The summed E-state index contributed by atoms with van der Waals surface area (Å²) in [5.74, 6) is 0.351. The molecule has 3 aliphatic heterocycles. The summed E-state index contributed by atoms with van der Waals surface area (Å²) < 4.78 is 10.9. The number of likely N-dealkylation sites (tertiary alicyclic amines) is 1. The van der Waals surface area contributed by atoms with E-state index in [4.69, 9.17) is 9.47 Å². The number of nitrogens with one attached hydrogen (secondary N) is 1. The average Bonchev–Trinajstić information content (AvgIpc) is 3.52. The Morgan fingerprint density at radius 3 is 2.56 bits per heavy atom. The van der Waals surface area contributed by atoms with Crippen LogP contribution in [0.3, 0.4) is 0 Å². The van der Waals surface area contributed by atoms with Gasteiger partial charge in [-0.25, -0.2) is 4.79 Å². The van der Waals surface area contributed by atoms with Gasteiger partial charge in [0.1, 0.15) is 5.75 Å². The number of carbonyl (C=O) groups excluding carboxylic acids is 3. The normalized spacial score (nSPS) is 24.8. The van der Waals surface area contributed by atoms with Crippen LogP contribution in [0.25, 0.3) is 0 Å². The summed E-state index contributed by atoms with van der Waals surface area (Å²) in [6, 6.07) is 12.5. The Balaban J connectivity index is 1.31. The molecule has 1 aromatic carbocycles. The van der Waals surface area contributed by atoms with Crippen molar-refractivity contribution in [3.8, 4) is 5.75 Å². The van der Waals surface area contributed by atoms with Gasteiger partial charge in [-0.3, -0.25) is 19.5 Å². The Kier molecular flexibility index (Phi) is 6.91. The maximum Gasteiger partial charge on any atom is 0.325 e. The number of pyridine rings is 1. The number of piperidine rings is 1. The first-order valence-electron chi connectivity index (χ1n) is 12.6. The molecular weight excluding hydrogens is 460 g/mol. The van der Waals surface area contributed by atoms with Crippen LogP contribution in [0.5, 0.6) is 5.75 Å². The molecular formula is C27H32N4O5. The van der Waals surface area contributed by atoms with Crippen LogP contribution in [0.1, 0.15) is 36.9 Å². The Labute approximate surface area is 210 Å². The maximum atomic E-state index is 13.9. The van der Waals surface area contributed by atoms with Gasteiger partial charge in [0.2, 0.25) is 5.91 Å². The molecule has 1 N–H and O–H groups in total. The smallest absolute Gasteiger partial charge is 0.325 e. The summed E-state index contributed by atoms with van der Waals surface area (Å²) in [5.41, 5.74) is 0.235. The molecule has 0 saturated carbocycles. The predicted molar refractivity (Wildman–Crippen MR) is 131 cm³/mol. The van der Waals surface area contributed by atoms with Crippen LogP contribution in [-0.4, -0.2) is 72.1 Å². The molecule has 5 rings (SSSR count). The van der Waals surface area contributed by atoms with Crippen LogP contribution in [0.15, 0.2) is 48.7 Å². The van der Waals surface area contributed by atoms with E-state index in [0.29, 0.717) is 44.7 Å². The molecule has 3 saturated heterocycles. The van der Waals surface area contributed by atoms with Crippen molar-refractivity contribution in [1.29, 1.82) is 0 Å². The molecule has 9 heteroatoms. The van der Waals surface area contributed by atoms with Gasteiger partial charge in [-0.2, -0.15) is 0 Å². The van der Waals surface area contributed by atoms with E-state index in [1.807, 2.05) is 35.2 Å². The predicted octanol–water partition coefficient (Wildman–Crippen LogP) is 2.50. The number of aromatic nitrogens is 1. The highest BCUT2D eigenvalue weighted by molar-refractivity contribution is 6.07. The molecule has 4 heterocycles. The molecule has 2 atom stereocenters. The van der Waals surface area contributed by atoms with Gasteiger partial charge in [-0.05, 0) is 55.5 Å². The van der Waals surface area contributed by atoms with Crippen molar-refractivity contribution in [3.05, 3.63) is 59.9 Å². The zero-order chi connectivity index (χ0) is 25.1. The van der Waals surface area contributed by atoms with Gasteiger partial charge < -0.3 is 19.7 Å². The minimum atomic E-state index is -1.23. The summed E-state index contributed by atoms with van der Waals surface area (Å²) in [6.07, 6.45) is 4.77. The van der Waals surface area contributed by atoms with E-state index in [0.717, 1.165) is 24.2 Å². The lowest BCUT2D eigenvalue weighted by Gasteiger charge is -2.40. The molecule has 0 bridgehead atoms. The number of amides is 4. The first-order valence-corrected chi connectivity index (χ1v) is 12.6. The van der Waals surface area contributed by atoms with E-state index in [-0.39, 0.29) is 30.4 Å². The lowest BCUT2D eigenvalue weighted by Crippen LogP contribution is -2.55. The van der Waals surface area contributed by atoms with E-state index in [9.17, 15) is 14.4 Å². The minimum Gasteiger partial charge on any atom is -0.497 e. The standard InChI is InChI=1S/C27H32N4O5/c1-35-21-9-7-19(8-10-21)17-24(32)30-14-11-20(12-15-30)27(23-6-2-3-13-28-23)25(33)31(26(34)29-27)18-22-5-4-16-36-22/h2-3,6-10,13,20,22H,4-5,11-12,14-18H2,1H3,(H,29,34). The average molecular weight is 493 g/mol. The van der Waals surface area contributed by atoms with Crippen LogP contribution in [0.2, 0.25) is 0 Å². The largest absolute Gasteiger partial charge is 0.497 e. The van der Waals surface area contributed by atoms with Crippen molar-refractivity contribution in [3.63, 3.8) is 0 Å². The van der Waals surface area contributed by atoms with Gasteiger partial charge in [-0.15, -0.1) is 0 Å². The fraction of sp³-hybridized carbons (Fsp3) is 0.481. The first kappa shape index (κ1) is 24.2. The zero-order valence-electron chi connectivity index (χ0n) is 20.5. The molecule has 2 aromatic rings. The third-order valence-electron chi connectivity index (χ3n) is 7.59. The fourth-order valence-corrected chi connectivity index (χ4v) is 5.60. The monoisotopic (exact) mass is 492 g/mol. The van der Waals surface area contributed by atoms with Crippen LogP contribution in [0, 0.1) is 5.92 Å². The molecule has 3 aliphatic rings. The molecule has 9 nitrogen and oxygen atoms in total. The zero-order valence-corrected chi connectivity index (χ0v) is 20.5. The van der Waals surface area contributed by atoms with Gasteiger partial charge in [0.05, 0.1) is 31.9 Å². The number of hydrogen-bond donors (Lipinski definition) is 1. The Morgan fingerprint density at radius 1 is 1.14 bits per heavy atom. The number of carbonyl (C=O) groups is 3. The van der Waals surface area contributed by atoms with E-state index in [1.54, 1.807) is 25.4 Å². The fourth-order valence-electron chi connectivity index (χ4n) is 5.60. The number of hydrogen-bond acceptors (Lipinski definition) is 6. The maximum absolute atomic E-state index is 13.9. The first-order chi connectivity index (χ1) is 17.5. The number of ether oxygens (including phenoxy) is 2. The lowest BCUT2D eigenvalue weighted by molar-refractivity contribution is -0.137. The van der Waals surface area contributed by atoms with E-state index >= 15 is 0 Å². The van der Waals surface area contributed by atoms with Crippen LogP contribution < -0.4 is 10.1 Å². The third-order valence-corrected chi connectivity index (χ3v) is 7.59. The van der Waals surface area contributed by atoms with Crippen molar-refractivity contribution < 1.29 is 23.9 Å². The van der Waals surface area contributed by atoms with Crippen LogP contribution in [-0.2, 0) is 26.3 Å². The number of nitrogens with zero attached hydrogens (tertiary/aromatic N) is 3. The van der Waals surface area contributed by atoms with Crippen LogP contribution >= 0.6 is 0 Å². The third kappa shape index (κ3) is 4.55. The van der Waals surface area contributed by atoms with Gasteiger partial charge in [0.15, 0.2) is 5.54 Å². The van der Waals surface area contributed by atoms with Crippen molar-refractivity contribution in [1.82, 2.24) is 20.1 Å². The summed E-state index contributed by atoms with van der Waals surface area (Å²) in [5, 5.41) is 3.03. The van der Waals surface area contributed by atoms with Gasteiger partial charge in [0, 0.05) is 31.8 Å². The SMILES string of the molecule is COc1ccc(CC(=O)N2CCC(C3(c4ccccn4)NC(=O)N(CC4CCCO4)C3=O)CC2)cc1. The van der Waals surface area contributed by atoms with Crippen molar-refractivity contribution >= 4 is 17.8 Å². The molecule has 3 fully saturated rings. The summed E-state index contributed by atoms with van der Waals surface area (Å²) in [7, 11) is 1.61. The van der Waals surface area contributed by atoms with E-state index in [2.05, 4.69) is 10.3 Å². The van der Waals surface area contributed by atoms with Gasteiger partial charge in [0.25, 0.3) is 5.91 Å². The molecule has 36 heavy (non-hydrogen) atoms. The summed E-state index contributed by atoms with van der Waals surface area (Å²) in [6.45, 7) is 1.94. The lowest BCUT2D eigenvalue weighted by atomic mass is 9.75. The number of urea groups is 1. The van der Waals surface area contributed by atoms with Crippen molar-refractivity contribution in [2.24, 2.45) is 5.92 Å². The van der Waals surface area contributed by atoms with Gasteiger partial charge >= 0.3 is 6.03 Å². The molecule has 190 valence electrons. The highest BCUT2D eigenvalue weighted by Crippen LogP contribution is 2.41. The second-order valence-corrected chi connectivity index (χ2v) is 9.68. The quantitative estimate of drug-likeness (QED) is 0.596. The number of rotatable bonds is 7. The number of methoxy groups -OCH3 is 1. The van der Waals surface area contributed by atoms with Crippen molar-refractivity contribution in [2.45, 2.75) is 43.7 Å². The van der Waals surface area contributed by atoms with Crippen molar-refractivity contribution in [2.75, 3.05) is 33.4 Å². The highest BCUT2D eigenvalue weighted by Gasteiger charge is 2.58. The number of imide groups is 1. The summed E-state index contributed by atoms with van der Waals surface area (Å²) >= 11 is 0. The van der Waals surface area contributed by atoms with Gasteiger partial charge in [-0.1, -0.05) is 18.2 Å². The van der Waals surface area contributed by atoms with E-state index in [1.165, 1.54) is 4.90 Å². The second kappa shape index (κ2) is 10.3. The molecule has 1 aromatic heterocycles. The Hall–Kier alpha value is -3.46. The summed E-state index contributed by atoms with van der Waals surface area (Å²) in [4.78, 5) is 47.6. The minimum absolute atomic E-state index is 0.0484. The second-order valence-electron chi connectivity index (χ2n) is 9.68.